The Bertz CT molecular complexity index is 173. The Hall–Kier alpha value is -0.850. The molecule has 0 saturated heterocycles. The summed E-state index contributed by atoms with van der Waals surface area (Å²) >= 11 is 0. The Balaban J connectivity index is 4.15. The van der Waals surface area contributed by atoms with Crippen molar-refractivity contribution in [2.45, 2.75) is 6.29 Å². The third kappa shape index (κ3) is 5.56. The van der Waals surface area contributed by atoms with Crippen LogP contribution in [0.2, 0.25) is 0 Å². The zero-order chi connectivity index (χ0) is 11.7. The maximum atomic E-state index is 11.4. The summed E-state index contributed by atoms with van der Waals surface area (Å²) < 4.78 is 15.0. The number of amides is 2. The summed E-state index contributed by atoms with van der Waals surface area (Å²) in [6.07, 6.45) is -0.417. The molecule has 1 N–H and O–H groups in total. The van der Waals surface area contributed by atoms with Crippen molar-refractivity contribution in [2.75, 3.05) is 48.1 Å². The summed E-state index contributed by atoms with van der Waals surface area (Å²) in [5.41, 5.74) is 0. The summed E-state index contributed by atoms with van der Waals surface area (Å²) in [7, 11) is 6.24. The van der Waals surface area contributed by atoms with E-state index in [9.17, 15) is 4.79 Å². The zero-order valence-corrected chi connectivity index (χ0v) is 9.78. The molecule has 15 heavy (non-hydrogen) atoms. The molecule has 0 unspecified atom stereocenters. The smallest absolute Gasteiger partial charge is 0.317 e. The third-order valence-corrected chi connectivity index (χ3v) is 1.96. The number of urea groups is 1. The van der Waals surface area contributed by atoms with Gasteiger partial charge in [0.1, 0.15) is 0 Å². The molecule has 0 aromatic heterocycles. The normalized spacial score (nSPS) is 10.5. The molecule has 90 valence electrons. The first kappa shape index (κ1) is 14.2. The Labute approximate surface area is 90.5 Å². The van der Waals surface area contributed by atoms with E-state index < -0.39 is 6.29 Å². The minimum absolute atomic E-state index is 0.175. The first-order chi connectivity index (χ1) is 7.19. The van der Waals surface area contributed by atoms with Gasteiger partial charge in [0.05, 0.1) is 13.2 Å². The average Bonchev–Trinajstić information content (AvgIpc) is 2.28. The Morgan fingerprint density at radius 1 is 1.33 bits per heavy atom. The number of ether oxygens (including phenoxy) is 3. The van der Waals surface area contributed by atoms with Gasteiger partial charge in [-0.25, -0.2) is 4.79 Å². The highest BCUT2D eigenvalue weighted by atomic mass is 16.7. The first-order valence-electron chi connectivity index (χ1n) is 4.70. The summed E-state index contributed by atoms with van der Waals surface area (Å²) in [4.78, 5) is 13.0. The molecule has 0 fully saturated rings. The van der Waals surface area contributed by atoms with Crippen LogP contribution in [-0.4, -0.2) is 65.3 Å². The van der Waals surface area contributed by atoms with Crippen LogP contribution < -0.4 is 5.32 Å². The average molecular weight is 220 g/mol. The van der Waals surface area contributed by atoms with Gasteiger partial charge in [0.25, 0.3) is 0 Å². The van der Waals surface area contributed by atoms with Crippen molar-refractivity contribution in [3.63, 3.8) is 0 Å². The molecule has 0 saturated carbocycles. The van der Waals surface area contributed by atoms with E-state index in [1.807, 2.05) is 0 Å². The number of methoxy groups -OCH3 is 3. The van der Waals surface area contributed by atoms with Gasteiger partial charge in [-0.05, 0) is 0 Å². The number of carbonyl (C=O) groups excluding carboxylic acids is 1. The van der Waals surface area contributed by atoms with Crippen molar-refractivity contribution in [1.29, 1.82) is 0 Å². The summed E-state index contributed by atoms with van der Waals surface area (Å²) in [6.45, 7) is 1.35. The quantitative estimate of drug-likeness (QED) is 0.608. The third-order valence-electron chi connectivity index (χ3n) is 1.96. The van der Waals surface area contributed by atoms with Gasteiger partial charge in [0, 0.05) is 34.9 Å². The van der Waals surface area contributed by atoms with Crippen molar-refractivity contribution in [3.8, 4) is 0 Å². The SMILES string of the molecule is CNC(=O)N(CCOC)CC(OC)OC. The zero-order valence-electron chi connectivity index (χ0n) is 9.78. The molecule has 0 atom stereocenters. The lowest BCUT2D eigenvalue weighted by Crippen LogP contribution is -2.44. The molecule has 0 spiro atoms. The summed E-state index contributed by atoms with van der Waals surface area (Å²) in [5.74, 6) is 0. The molecule has 6 heteroatoms. The maximum absolute atomic E-state index is 11.4. The minimum Gasteiger partial charge on any atom is -0.383 e. The monoisotopic (exact) mass is 220 g/mol. The van der Waals surface area contributed by atoms with Crippen LogP contribution in [0.1, 0.15) is 0 Å². The molecule has 0 aliphatic rings. The van der Waals surface area contributed by atoms with E-state index >= 15 is 0 Å². The molecule has 6 nitrogen and oxygen atoms in total. The molecular weight excluding hydrogens is 200 g/mol. The van der Waals surface area contributed by atoms with Crippen LogP contribution in [0.3, 0.4) is 0 Å². The van der Waals surface area contributed by atoms with Gasteiger partial charge in [-0.15, -0.1) is 0 Å². The van der Waals surface area contributed by atoms with Gasteiger partial charge >= 0.3 is 6.03 Å². The predicted molar refractivity (Wildman–Crippen MR) is 55.7 cm³/mol. The highest BCUT2D eigenvalue weighted by molar-refractivity contribution is 5.73. The standard InChI is InChI=1S/C9H20N2O4/c1-10-9(12)11(5-6-13-2)7-8(14-3)15-4/h8H,5-7H2,1-4H3,(H,10,12). The second-order valence-electron chi connectivity index (χ2n) is 2.89. The van der Waals surface area contributed by atoms with Gasteiger partial charge in [-0.3, -0.25) is 0 Å². The summed E-state index contributed by atoms with van der Waals surface area (Å²) in [6, 6.07) is -0.175. The number of carbonyl (C=O) groups is 1. The molecule has 0 heterocycles. The van der Waals surface area contributed by atoms with Crippen molar-refractivity contribution >= 4 is 6.03 Å². The number of hydrogen-bond acceptors (Lipinski definition) is 4. The van der Waals surface area contributed by atoms with E-state index in [1.165, 1.54) is 14.2 Å². The van der Waals surface area contributed by atoms with Crippen LogP contribution in [0, 0.1) is 0 Å². The lowest BCUT2D eigenvalue weighted by atomic mass is 10.5. The Morgan fingerprint density at radius 3 is 2.33 bits per heavy atom. The summed E-state index contributed by atoms with van der Waals surface area (Å²) in [5, 5.41) is 2.55. The van der Waals surface area contributed by atoms with E-state index in [1.54, 1.807) is 19.1 Å². The van der Waals surface area contributed by atoms with E-state index in [2.05, 4.69) is 5.32 Å². The van der Waals surface area contributed by atoms with Gasteiger partial charge in [-0.1, -0.05) is 0 Å². The van der Waals surface area contributed by atoms with Crippen molar-refractivity contribution in [2.24, 2.45) is 0 Å². The van der Waals surface area contributed by atoms with Crippen molar-refractivity contribution in [1.82, 2.24) is 10.2 Å². The van der Waals surface area contributed by atoms with Gasteiger partial charge in [0.15, 0.2) is 6.29 Å². The van der Waals surface area contributed by atoms with E-state index in [4.69, 9.17) is 14.2 Å². The maximum Gasteiger partial charge on any atom is 0.317 e. The van der Waals surface area contributed by atoms with Gasteiger partial charge in [-0.2, -0.15) is 0 Å². The van der Waals surface area contributed by atoms with Gasteiger partial charge in [0.2, 0.25) is 0 Å². The second kappa shape index (κ2) is 8.46. The second-order valence-corrected chi connectivity index (χ2v) is 2.89. The molecule has 2 amide bonds. The van der Waals surface area contributed by atoms with Crippen LogP contribution in [0.25, 0.3) is 0 Å². The number of nitrogens with one attached hydrogen (secondary N) is 1. The molecule has 0 aromatic rings. The van der Waals surface area contributed by atoms with E-state index in [0.29, 0.717) is 19.7 Å². The van der Waals surface area contributed by atoms with E-state index in [-0.39, 0.29) is 6.03 Å². The first-order valence-corrected chi connectivity index (χ1v) is 4.70. The van der Waals surface area contributed by atoms with Crippen molar-refractivity contribution in [3.05, 3.63) is 0 Å². The molecule has 0 aliphatic heterocycles. The molecule has 0 rings (SSSR count). The molecule has 0 aromatic carbocycles. The largest absolute Gasteiger partial charge is 0.383 e. The highest BCUT2D eigenvalue weighted by Crippen LogP contribution is 1.98. The predicted octanol–water partition coefficient (Wildman–Crippen LogP) is -0.107. The van der Waals surface area contributed by atoms with Crippen LogP contribution in [-0.2, 0) is 14.2 Å². The van der Waals surface area contributed by atoms with Crippen LogP contribution in [0.4, 0.5) is 4.79 Å². The Morgan fingerprint density at radius 2 is 1.93 bits per heavy atom. The topological polar surface area (TPSA) is 60.0 Å². The lowest BCUT2D eigenvalue weighted by Gasteiger charge is -2.25. The van der Waals surface area contributed by atoms with Crippen LogP contribution >= 0.6 is 0 Å². The molecule has 0 bridgehead atoms. The minimum atomic E-state index is -0.417. The fourth-order valence-corrected chi connectivity index (χ4v) is 1.06. The molecule has 0 aliphatic carbocycles. The number of nitrogens with zero attached hydrogens (tertiary/aromatic N) is 1. The van der Waals surface area contributed by atoms with E-state index in [0.717, 1.165) is 0 Å². The molecule has 0 radical (unpaired) electrons. The number of hydrogen-bond donors (Lipinski definition) is 1. The fourth-order valence-electron chi connectivity index (χ4n) is 1.06. The lowest BCUT2D eigenvalue weighted by molar-refractivity contribution is -0.112. The van der Waals surface area contributed by atoms with Crippen molar-refractivity contribution < 1.29 is 19.0 Å². The molecular formula is C9H20N2O4. The van der Waals surface area contributed by atoms with Crippen LogP contribution in [0.5, 0.6) is 0 Å². The number of rotatable bonds is 7. The fraction of sp³-hybridized carbons (Fsp3) is 0.889. The van der Waals surface area contributed by atoms with Gasteiger partial charge < -0.3 is 24.4 Å². The highest BCUT2D eigenvalue weighted by Gasteiger charge is 2.16. The Kier molecular flexibility index (Phi) is 7.98. The van der Waals surface area contributed by atoms with Crippen LogP contribution in [0.15, 0.2) is 0 Å².